The van der Waals surface area contributed by atoms with Gasteiger partial charge in [-0.1, -0.05) is 22.0 Å². The normalized spacial score (nSPS) is 17.7. The van der Waals surface area contributed by atoms with Gasteiger partial charge in [0.1, 0.15) is 11.5 Å². The number of pyridine rings is 1. The number of ether oxygens (including phenoxy) is 2. The molecule has 2 aliphatic rings. The molecule has 1 fully saturated rings. The molecule has 20 heavy (non-hydrogen) atoms. The third-order valence-electron chi connectivity index (χ3n) is 4.18. The van der Waals surface area contributed by atoms with Crippen LogP contribution >= 0.6 is 15.9 Å². The Kier molecular flexibility index (Phi) is 2.58. The van der Waals surface area contributed by atoms with E-state index < -0.39 is 0 Å². The topological polar surface area (TPSA) is 31.4 Å². The highest BCUT2D eigenvalue weighted by Gasteiger charge is 2.49. The van der Waals surface area contributed by atoms with Crippen LogP contribution in [0.25, 0.3) is 0 Å². The lowest BCUT2D eigenvalue weighted by Crippen LogP contribution is -2.12. The fraction of sp³-hybridized carbons (Fsp3) is 0.312. The maximum atomic E-state index is 6.11. The lowest BCUT2D eigenvalue weighted by Gasteiger charge is -2.14. The van der Waals surface area contributed by atoms with Gasteiger partial charge < -0.3 is 9.47 Å². The number of hydrogen-bond donors (Lipinski definition) is 0. The summed E-state index contributed by atoms with van der Waals surface area (Å²) in [7, 11) is 1.65. The van der Waals surface area contributed by atoms with Crippen LogP contribution in [0.5, 0.6) is 17.4 Å². The molecule has 0 radical (unpaired) electrons. The van der Waals surface area contributed by atoms with Crippen LogP contribution < -0.4 is 9.47 Å². The fourth-order valence-electron chi connectivity index (χ4n) is 2.91. The highest BCUT2D eigenvalue weighted by atomic mass is 79.9. The SMILES string of the molecule is COc1ccc2c(n1)C1(CC1)Cc1ccc(Br)cc1O2. The van der Waals surface area contributed by atoms with Crippen molar-refractivity contribution in [1.82, 2.24) is 4.98 Å². The van der Waals surface area contributed by atoms with Crippen LogP contribution in [0, 0.1) is 0 Å². The summed E-state index contributed by atoms with van der Waals surface area (Å²) in [6.07, 6.45) is 3.32. The standard InChI is InChI=1S/C16H14BrNO2/c1-19-14-5-4-12-15(18-14)16(6-7-16)9-10-2-3-11(17)8-13(10)20-12/h2-5,8H,6-7,9H2,1H3. The molecule has 102 valence electrons. The largest absolute Gasteiger partial charge is 0.481 e. The smallest absolute Gasteiger partial charge is 0.213 e. The maximum Gasteiger partial charge on any atom is 0.213 e. The molecular weight excluding hydrogens is 318 g/mol. The minimum atomic E-state index is 0.142. The number of methoxy groups -OCH3 is 1. The summed E-state index contributed by atoms with van der Waals surface area (Å²) in [5.74, 6) is 2.45. The Bertz CT molecular complexity index is 695. The lowest BCUT2D eigenvalue weighted by molar-refractivity contribution is 0.390. The summed E-state index contributed by atoms with van der Waals surface area (Å²) < 4.78 is 12.4. The number of aromatic nitrogens is 1. The first kappa shape index (κ1) is 12.2. The molecule has 0 N–H and O–H groups in total. The van der Waals surface area contributed by atoms with Crippen molar-refractivity contribution in [3.8, 4) is 17.4 Å². The molecule has 1 saturated carbocycles. The molecule has 0 amide bonds. The van der Waals surface area contributed by atoms with Crippen molar-refractivity contribution < 1.29 is 9.47 Å². The second-order valence-electron chi connectivity index (χ2n) is 5.51. The van der Waals surface area contributed by atoms with Crippen molar-refractivity contribution in [3.63, 3.8) is 0 Å². The van der Waals surface area contributed by atoms with E-state index in [-0.39, 0.29) is 5.41 Å². The Hall–Kier alpha value is -1.55. The van der Waals surface area contributed by atoms with E-state index in [2.05, 4.69) is 33.0 Å². The van der Waals surface area contributed by atoms with Gasteiger partial charge in [0.2, 0.25) is 5.88 Å². The van der Waals surface area contributed by atoms with Crippen LogP contribution in [0.15, 0.2) is 34.8 Å². The first-order chi connectivity index (χ1) is 9.70. The minimum absolute atomic E-state index is 0.142. The Balaban J connectivity index is 1.89. The molecule has 2 aromatic rings. The van der Waals surface area contributed by atoms with Crippen molar-refractivity contribution in [3.05, 3.63) is 46.1 Å². The molecule has 1 aliphatic heterocycles. The highest BCUT2D eigenvalue weighted by molar-refractivity contribution is 9.10. The van der Waals surface area contributed by atoms with Crippen molar-refractivity contribution in [1.29, 1.82) is 0 Å². The molecule has 0 atom stereocenters. The van der Waals surface area contributed by atoms with E-state index in [1.165, 1.54) is 18.4 Å². The van der Waals surface area contributed by atoms with Crippen LogP contribution in [0.3, 0.4) is 0 Å². The van der Waals surface area contributed by atoms with Gasteiger partial charge in [0.05, 0.1) is 12.8 Å². The first-order valence-electron chi connectivity index (χ1n) is 6.72. The van der Waals surface area contributed by atoms with Gasteiger partial charge in [-0.15, -0.1) is 0 Å². The predicted octanol–water partition coefficient (Wildman–Crippen LogP) is 4.23. The number of rotatable bonds is 1. The number of halogens is 1. The molecular formula is C16H14BrNO2. The summed E-state index contributed by atoms with van der Waals surface area (Å²) >= 11 is 3.51. The Morgan fingerprint density at radius 3 is 2.80 bits per heavy atom. The van der Waals surface area contributed by atoms with E-state index in [1.54, 1.807) is 7.11 Å². The molecule has 1 aliphatic carbocycles. The quantitative estimate of drug-likeness (QED) is 0.783. The van der Waals surface area contributed by atoms with Crippen molar-refractivity contribution in [2.75, 3.05) is 7.11 Å². The van der Waals surface area contributed by atoms with Crippen LogP contribution in [-0.2, 0) is 11.8 Å². The van der Waals surface area contributed by atoms with Gasteiger partial charge in [-0.3, -0.25) is 0 Å². The van der Waals surface area contributed by atoms with E-state index in [9.17, 15) is 0 Å². The molecule has 1 spiro atoms. The Labute approximate surface area is 126 Å². The average molecular weight is 332 g/mol. The zero-order valence-electron chi connectivity index (χ0n) is 11.1. The third-order valence-corrected chi connectivity index (χ3v) is 4.67. The zero-order valence-corrected chi connectivity index (χ0v) is 12.7. The Morgan fingerprint density at radius 2 is 2.05 bits per heavy atom. The molecule has 2 heterocycles. The number of hydrogen-bond acceptors (Lipinski definition) is 3. The summed E-state index contributed by atoms with van der Waals surface area (Å²) in [4.78, 5) is 4.65. The van der Waals surface area contributed by atoms with E-state index in [0.717, 1.165) is 28.1 Å². The molecule has 0 bridgehead atoms. The second kappa shape index (κ2) is 4.22. The molecule has 0 unspecified atom stereocenters. The van der Waals surface area contributed by atoms with Gasteiger partial charge in [0.15, 0.2) is 0 Å². The monoisotopic (exact) mass is 331 g/mol. The number of fused-ring (bicyclic) bond motifs is 3. The number of benzene rings is 1. The third kappa shape index (κ3) is 1.82. The maximum absolute atomic E-state index is 6.11. The van der Waals surface area contributed by atoms with E-state index >= 15 is 0 Å². The molecule has 1 aromatic carbocycles. The summed E-state index contributed by atoms with van der Waals surface area (Å²) in [6, 6.07) is 10.1. The van der Waals surface area contributed by atoms with Gasteiger partial charge in [-0.05, 0) is 43.0 Å². The van der Waals surface area contributed by atoms with Crippen LogP contribution in [0.1, 0.15) is 24.1 Å². The summed E-state index contributed by atoms with van der Waals surface area (Å²) in [5, 5.41) is 0. The van der Waals surface area contributed by atoms with Gasteiger partial charge in [0.25, 0.3) is 0 Å². The highest BCUT2D eigenvalue weighted by Crippen LogP contribution is 2.56. The van der Waals surface area contributed by atoms with Gasteiger partial charge >= 0.3 is 0 Å². The van der Waals surface area contributed by atoms with Gasteiger partial charge in [-0.2, -0.15) is 0 Å². The zero-order chi connectivity index (χ0) is 13.7. The van der Waals surface area contributed by atoms with E-state index in [1.807, 2.05) is 18.2 Å². The predicted molar refractivity (Wildman–Crippen MR) is 79.6 cm³/mol. The van der Waals surface area contributed by atoms with Crippen molar-refractivity contribution in [2.24, 2.45) is 0 Å². The second-order valence-corrected chi connectivity index (χ2v) is 6.43. The van der Waals surface area contributed by atoms with E-state index in [0.29, 0.717) is 5.88 Å². The molecule has 4 heteroatoms. The first-order valence-corrected chi connectivity index (χ1v) is 7.51. The summed E-state index contributed by atoms with van der Waals surface area (Å²) in [6.45, 7) is 0. The van der Waals surface area contributed by atoms with Crippen molar-refractivity contribution in [2.45, 2.75) is 24.7 Å². The summed E-state index contributed by atoms with van der Waals surface area (Å²) in [5.41, 5.74) is 2.44. The Morgan fingerprint density at radius 1 is 1.20 bits per heavy atom. The van der Waals surface area contributed by atoms with E-state index in [4.69, 9.17) is 9.47 Å². The minimum Gasteiger partial charge on any atom is -0.481 e. The molecule has 3 nitrogen and oxygen atoms in total. The average Bonchev–Trinajstić information content (AvgIpc) is 3.24. The van der Waals surface area contributed by atoms with Gasteiger partial charge in [-0.25, -0.2) is 4.98 Å². The van der Waals surface area contributed by atoms with Crippen LogP contribution in [-0.4, -0.2) is 12.1 Å². The van der Waals surface area contributed by atoms with Gasteiger partial charge in [0, 0.05) is 16.0 Å². The lowest BCUT2D eigenvalue weighted by atomic mass is 9.92. The van der Waals surface area contributed by atoms with Crippen LogP contribution in [0.4, 0.5) is 0 Å². The molecule has 4 rings (SSSR count). The van der Waals surface area contributed by atoms with Crippen LogP contribution in [0.2, 0.25) is 0 Å². The molecule has 1 aromatic heterocycles. The number of nitrogens with zero attached hydrogens (tertiary/aromatic N) is 1. The molecule has 0 saturated heterocycles. The van der Waals surface area contributed by atoms with Crippen molar-refractivity contribution >= 4 is 15.9 Å². The fourth-order valence-corrected chi connectivity index (χ4v) is 3.25.